The lowest BCUT2D eigenvalue weighted by Crippen LogP contribution is -2.42. The summed E-state index contributed by atoms with van der Waals surface area (Å²) in [7, 11) is 1.32. The molecule has 2 unspecified atom stereocenters. The molecule has 0 spiro atoms. The van der Waals surface area contributed by atoms with Crippen molar-refractivity contribution in [3.8, 4) is 0 Å². The Bertz CT molecular complexity index is 518. The van der Waals surface area contributed by atoms with Gasteiger partial charge in [0.25, 0.3) is 0 Å². The fourth-order valence-electron chi connectivity index (χ4n) is 2.59. The Morgan fingerprint density at radius 3 is 2.85 bits per heavy atom. The summed E-state index contributed by atoms with van der Waals surface area (Å²) in [4.78, 5) is 28.6. The van der Waals surface area contributed by atoms with E-state index >= 15 is 0 Å². The third-order valence-corrected chi connectivity index (χ3v) is 3.70. The molecule has 2 atom stereocenters. The van der Waals surface area contributed by atoms with Crippen LogP contribution in [-0.4, -0.2) is 41.7 Å². The number of esters is 1. The van der Waals surface area contributed by atoms with Crippen molar-refractivity contribution in [1.82, 2.24) is 4.98 Å². The number of nitrogens with zero attached hydrogens (tertiary/aromatic N) is 2. The third kappa shape index (κ3) is 2.89. The highest BCUT2D eigenvalue weighted by Crippen LogP contribution is 2.28. The van der Waals surface area contributed by atoms with Gasteiger partial charge in [-0.3, -0.25) is 4.79 Å². The van der Waals surface area contributed by atoms with Gasteiger partial charge in [-0.1, -0.05) is 0 Å². The number of carboxylic acids is 1. The zero-order chi connectivity index (χ0) is 14.7. The Kier molecular flexibility index (Phi) is 4.22. The molecule has 2 heterocycles. The maximum absolute atomic E-state index is 11.5. The second-order valence-electron chi connectivity index (χ2n) is 4.99. The number of anilines is 1. The molecule has 0 aromatic carbocycles. The summed E-state index contributed by atoms with van der Waals surface area (Å²) in [5, 5.41) is 9.07. The van der Waals surface area contributed by atoms with Crippen molar-refractivity contribution in [2.24, 2.45) is 5.92 Å². The fourth-order valence-corrected chi connectivity index (χ4v) is 2.59. The van der Waals surface area contributed by atoms with Crippen molar-refractivity contribution in [2.75, 3.05) is 18.6 Å². The summed E-state index contributed by atoms with van der Waals surface area (Å²) in [6, 6.07) is 3.62. The zero-order valence-electron chi connectivity index (χ0n) is 11.6. The van der Waals surface area contributed by atoms with E-state index in [0.29, 0.717) is 19.4 Å². The Hall–Kier alpha value is -2.11. The van der Waals surface area contributed by atoms with E-state index in [4.69, 9.17) is 5.11 Å². The number of hydrogen-bond donors (Lipinski definition) is 1. The van der Waals surface area contributed by atoms with Gasteiger partial charge in [0, 0.05) is 24.5 Å². The van der Waals surface area contributed by atoms with Gasteiger partial charge in [0.1, 0.15) is 5.69 Å². The molecule has 6 nitrogen and oxygen atoms in total. The second-order valence-corrected chi connectivity index (χ2v) is 4.99. The lowest BCUT2D eigenvalue weighted by atomic mass is 9.91. The number of piperidine rings is 1. The molecule has 1 fully saturated rings. The van der Waals surface area contributed by atoms with E-state index in [1.54, 1.807) is 12.3 Å². The van der Waals surface area contributed by atoms with Gasteiger partial charge in [0.05, 0.1) is 13.0 Å². The van der Waals surface area contributed by atoms with E-state index in [2.05, 4.69) is 14.6 Å². The average molecular weight is 278 g/mol. The van der Waals surface area contributed by atoms with Crippen LogP contribution in [0.2, 0.25) is 0 Å². The molecule has 2 rings (SSSR count). The first-order valence-corrected chi connectivity index (χ1v) is 6.56. The smallest absolute Gasteiger partial charge is 0.356 e. The van der Waals surface area contributed by atoms with Crippen LogP contribution in [0.5, 0.6) is 0 Å². The van der Waals surface area contributed by atoms with Gasteiger partial charge in [-0.15, -0.1) is 0 Å². The number of carboxylic acid groups (broad SMARTS) is 1. The van der Waals surface area contributed by atoms with Gasteiger partial charge in [-0.05, 0) is 31.9 Å². The molecule has 0 aliphatic carbocycles. The molecule has 1 N–H and O–H groups in total. The van der Waals surface area contributed by atoms with Crippen molar-refractivity contribution in [2.45, 2.75) is 25.8 Å². The molecule has 0 saturated carbocycles. The van der Waals surface area contributed by atoms with Crippen LogP contribution in [0.3, 0.4) is 0 Å². The van der Waals surface area contributed by atoms with Crippen molar-refractivity contribution < 1.29 is 19.4 Å². The predicted octanol–water partition coefficient (Wildman–Crippen LogP) is 1.56. The molecule has 108 valence electrons. The zero-order valence-corrected chi connectivity index (χ0v) is 11.6. The van der Waals surface area contributed by atoms with E-state index in [-0.39, 0.29) is 17.7 Å². The first-order valence-electron chi connectivity index (χ1n) is 6.56. The van der Waals surface area contributed by atoms with Crippen LogP contribution in [0.25, 0.3) is 0 Å². The fraction of sp³-hybridized carbons (Fsp3) is 0.500. The van der Waals surface area contributed by atoms with Gasteiger partial charge in [-0.2, -0.15) is 0 Å². The number of carbonyl (C=O) groups is 2. The summed E-state index contributed by atoms with van der Waals surface area (Å²) in [5.74, 6) is -1.50. The van der Waals surface area contributed by atoms with Crippen molar-refractivity contribution in [3.05, 3.63) is 24.0 Å². The SMILES string of the molecule is COC(=O)c1cc(N2CCC(C(=O)O)CC2C)ccn1. The number of hydrogen-bond acceptors (Lipinski definition) is 5. The molecule has 1 saturated heterocycles. The van der Waals surface area contributed by atoms with E-state index < -0.39 is 11.9 Å². The highest BCUT2D eigenvalue weighted by molar-refractivity contribution is 5.88. The van der Waals surface area contributed by atoms with Crippen LogP contribution in [0.1, 0.15) is 30.3 Å². The topological polar surface area (TPSA) is 79.7 Å². The molecule has 1 aliphatic heterocycles. The molecule has 1 aromatic rings. The molecule has 1 aliphatic rings. The van der Waals surface area contributed by atoms with Crippen LogP contribution in [0, 0.1) is 5.92 Å². The highest BCUT2D eigenvalue weighted by atomic mass is 16.5. The van der Waals surface area contributed by atoms with Gasteiger partial charge in [-0.25, -0.2) is 9.78 Å². The van der Waals surface area contributed by atoms with E-state index in [0.717, 1.165) is 5.69 Å². The van der Waals surface area contributed by atoms with E-state index in [1.807, 2.05) is 13.0 Å². The molecule has 0 radical (unpaired) electrons. The van der Waals surface area contributed by atoms with Crippen LogP contribution >= 0.6 is 0 Å². The number of carbonyl (C=O) groups excluding carboxylic acids is 1. The van der Waals surface area contributed by atoms with Gasteiger partial charge in [0.2, 0.25) is 0 Å². The monoisotopic (exact) mass is 278 g/mol. The second kappa shape index (κ2) is 5.90. The molecular weight excluding hydrogens is 260 g/mol. The Morgan fingerprint density at radius 1 is 1.50 bits per heavy atom. The highest BCUT2D eigenvalue weighted by Gasteiger charge is 2.30. The first kappa shape index (κ1) is 14.3. The maximum Gasteiger partial charge on any atom is 0.356 e. The Labute approximate surface area is 117 Å². The minimum Gasteiger partial charge on any atom is -0.481 e. The predicted molar refractivity (Wildman–Crippen MR) is 72.7 cm³/mol. The number of rotatable bonds is 3. The number of ether oxygens (including phenoxy) is 1. The summed E-state index contributed by atoms with van der Waals surface area (Å²) < 4.78 is 4.66. The van der Waals surface area contributed by atoms with Gasteiger partial charge in [0.15, 0.2) is 0 Å². The lowest BCUT2D eigenvalue weighted by Gasteiger charge is -2.38. The number of aliphatic carboxylic acids is 1. The molecule has 20 heavy (non-hydrogen) atoms. The molecule has 0 bridgehead atoms. The average Bonchev–Trinajstić information content (AvgIpc) is 2.46. The number of aromatic nitrogens is 1. The van der Waals surface area contributed by atoms with Crippen LogP contribution in [0.15, 0.2) is 18.3 Å². The maximum atomic E-state index is 11.5. The molecular formula is C14H18N2O4. The molecule has 6 heteroatoms. The normalized spacial score (nSPS) is 22.4. The van der Waals surface area contributed by atoms with Crippen molar-refractivity contribution >= 4 is 17.6 Å². The van der Waals surface area contributed by atoms with Crippen LogP contribution < -0.4 is 4.90 Å². The quantitative estimate of drug-likeness (QED) is 0.845. The Balaban J connectivity index is 2.16. The largest absolute Gasteiger partial charge is 0.481 e. The van der Waals surface area contributed by atoms with Crippen LogP contribution in [0.4, 0.5) is 5.69 Å². The molecule has 1 aromatic heterocycles. The number of methoxy groups -OCH3 is 1. The van der Waals surface area contributed by atoms with Crippen LogP contribution in [-0.2, 0) is 9.53 Å². The van der Waals surface area contributed by atoms with Crippen molar-refractivity contribution in [3.63, 3.8) is 0 Å². The lowest BCUT2D eigenvalue weighted by molar-refractivity contribution is -0.142. The summed E-state index contributed by atoms with van der Waals surface area (Å²) in [6.45, 7) is 2.65. The first-order chi connectivity index (χ1) is 9.52. The van der Waals surface area contributed by atoms with E-state index in [1.165, 1.54) is 7.11 Å². The van der Waals surface area contributed by atoms with Crippen molar-refractivity contribution in [1.29, 1.82) is 0 Å². The minimum absolute atomic E-state index is 0.109. The summed E-state index contributed by atoms with van der Waals surface area (Å²) in [6.07, 6.45) is 2.78. The summed E-state index contributed by atoms with van der Waals surface area (Å²) in [5.41, 5.74) is 1.13. The molecule has 0 amide bonds. The summed E-state index contributed by atoms with van der Waals surface area (Å²) >= 11 is 0. The van der Waals surface area contributed by atoms with Gasteiger partial charge >= 0.3 is 11.9 Å². The Morgan fingerprint density at radius 2 is 2.25 bits per heavy atom. The van der Waals surface area contributed by atoms with Gasteiger partial charge < -0.3 is 14.7 Å². The minimum atomic E-state index is -0.735. The third-order valence-electron chi connectivity index (χ3n) is 3.70. The number of pyridine rings is 1. The standard InChI is InChI=1S/C14H18N2O4/c1-9-7-10(13(17)18)4-6-16(9)11-3-5-15-12(8-11)14(19)20-2/h3,5,8-10H,4,6-7H2,1-2H3,(H,17,18). The van der Waals surface area contributed by atoms with E-state index in [9.17, 15) is 9.59 Å².